The fourth-order valence-corrected chi connectivity index (χ4v) is 3.29. The summed E-state index contributed by atoms with van der Waals surface area (Å²) in [5.41, 5.74) is 3.01. The maximum absolute atomic E-state index is 10.8. The Labute approximate surface area is 138 Å². The fraction of sp³-hybridized carbons (Fsp3) is 0.235. The van der Waals surface area contributed by atoms with E-state index < -0.39 is 0 Å². The summed E-state index contributed by atoms with van der Waals surface area (Å²) in [6.45, 7) is 3.14. The normalized spacial score (nSPS) is 10.8. The lowest BCUT2D eigenvalue weighted by Gasteiger charge is -2.05. The number of thiazole rings is 1. The molecule has 0 aliphatic carbocycles. The second-order valence-electron chi connectivity index (χ2n) is 5.29. The van der Waals surface area contributed by atoms with E-state index in [1.807, 2.05) is 24.3 Å². The van der Waals surface area contributed by atoms with E-state index in [0.717, 1.165) is 39.4 Å². The van der Waals surface area contributed by atoms with Crippen molar-refractivity contribution in [3.63, 3.8) is 0 Å². The van der Waals surface area contributed by atoms with Gasteiger partial charge in [-0.25, -0.2) is 4.98 Å². The summed E-state index contributed by atoms with van der Waals surface area (Å²) >= 11 is 1.47. The maximum Gasteiger partial charge on any atom is 0.270 e. The number of rotatable bonds is 6. The van der Waals surface area contributed by atoms with Crippen LogP contribution in [0.4, 0.5) is 11.4 Å². The highest BCUT2D eigenvalue weighted by atomic mass is 32.1. The number of hydrogen-bond donors (Lipinski definition) is 1. The number of aromatic nitrogens is 1. The van der Waals surface area contributed by atoms with Crippen molar-refractivity contribution in [2.45, 2.75) is 19.8 Å². The maximum atomic E-state index is 10.8. The zero-order valence-corrected chi connectivity index (χ0v) is 13.6. The minimum Gasteiger partial charge on any atom is -0.385 e. The Balaban J connectivity index is 1.83. The quantitative estimate of drug-likeness (QED) is 0.389. The average Bonchev–Trinajstić information content (AvgIpc) is 2.98. The van der Waals surface area contributed by atoms with Crippen molar-refractivity contribution in [2.75, 3.05) is 11.9 Å². The summed E-state index contributed by atoms with van der Waals surface area (Å²) in [5.74, 6) is 0. The van der Waals surface area contributed by atoms with Crippen molar-refractivity contribution in [1.29, 1.82) is 0 Å². The van der Waals surface area contributed by atoms with Gasteiger partial charge in [-0.05, 0) is 36.8 Å². The van der Waals surface area contributed by atoms with E-state index >= 15 is 0 Å². The van der Waals surface area contributed by atoms with Crippen molar-refractivity contribution in [2.24, 2.45) is 0 Å². The number of nitro groups is 1. The van der Waals surface area contributed by atoms with Crippen molar-refractivity contribution < 1.29 is 4.92 Å². The molecule has 0 atom stereocenters. The van der Waals surface area contributed by atoms with Crippen LogP contribution in [0.3, 0.4) is 0 Å². The molecule has 0 unspecified atom stereocenters. The topological polar surface area (TPSA) is 68.1 Å². The molecule has 1 heterocycles. The first-order valence-corrected chi connectivity index (χ1v) is 8.38. The standard InChI is InChI=1S/C17H17N3O2S/c1-2-3-10-18-13-6-4-12(5-7-13)17-19-15-9-8-14(20(21)22)11-16(15)23-17/h4-9,11,18H,2-3,10H2,1H3. The lowest BCUT2D eigenvalue weighted by atomic mass is 10.2. The van der Waals surface area contributed by atoms with Crippen LogP contribution in [0.1, 0.15) is 19.8 Å². The molecule has 0 saturated carbocycles. The zero-order chi connectivity index (χ0) is 16.2. The number of nitrogens with zero attached hydrogens (tertiary/aromatic N) is 2. The van der Waals surface area contributed by atoms with Crippen molar-refractivity contribution in [3.05, 3.63) is 52.6 Å². The Hall–Kier alpha value is -2.47. The number of non-ortho nitro benzene ring substituents is 1. The molecule has 5 nitrogen and oxygen atoms in total. The van der Waals surface area contributed by atoms with Crippen LogP contribution in [0.25, 0.3) is 20.8 Å². The van der Waals surface area contributed by atoms with Gasteiger partial charge in [0.15, 0.2) is 0 Å². The lowest BCUT2D eigenvalue weighted by molar-refractivity contribution is -0.384. The summed E-state index contributed by atoms with van der Waals surface area (Å²) < 4.78 is 0.833. The minimum absolute atomic E-state index is 0.100. The molecule has 23 heavy (non-hydrogen) atoms. The first-order valence-electron chi connectivity index (χ1n) is 7.56. The van der Waals surface area contributed by atoms with E-state index in [4.69, 9.17) is 0 Å². The van der Waals surface area contributed by atoms with E-state index in [9.17, 15) is 10.1 Å². The number of anilines is 1. The van der Waals surface area contributed by atoms with Gasteiger partial charge in [0.2, 0.25) is 0 Å². The highest BCUT2D eigenvalue weighted by Gasteiger charge is 2.11. The van der Waals surface area contributed by atoms with Gasteiger partial charge in [0.25, 0.3) is 5.69 Å². The highest BCUT2D eigenvalue weighted by Crippen LogP contribution is 2.32. The van der Waals surface area contributed by atoms with E-state index in [-0.39, 0.29) is 10.6 Å². The van der Waals surface area contributed by atoms with Crippen molar-refractivity contribution in [3.8, 4) is 10.6 Å². The third-order valence-corrected chi connectivity index (χ3v) is 4.64. The average molecular weight is 327 g/mol. The van der Waals surface area contributed by atoms with Crippen LogP contribution in [-0.2, 0) is 0 Å². The molecule has 118 valence electrons. The number of fused-ring (bicyclic) bond motifs is 1. The molecule has 0 amide bonds. The van der Waals surface area contributed by atoms with Gasteiger partial charge in [-0.15, -0.1) is 11.3 Å². The Bertz CT molecular complexity index is 827. The van der Waals surface area contributed by atoms with Gasteiger partial charge >= 0.3 is 0 Å². The van der Waals surface area contributed by atoms with Gasteiger partial charge in [0, 0.05) is 29.9 Å². The summed E-state index contributed by atoms with van der Waals surface area (Å²) in [5, 5.41) is 15.1. The van der Waals surface area contributed by atoms with Gasteiger partial charge in [0.05, 0.1) is 15.1 Å². The SMILES string of the molecule is CCCCNc1ccc(-c2nc3ccc([N+](=O)[O-])cc3s2)cc1. The first-order chi connectivity index (χ1) is 11.2. The molecular weight excluding hydrogens is 310 g/mol. The third kappa shape index (κ3) is 3.48. The Kier molecular flexibility index (Phi) is 4.52. The van der Waals surface area contributed by atoms with Crippen molar-refractivity contribution in [1.82, 2.24) is 4.98 Å². The third-order valence-electron chi connectivity index (χ3n) is 3.57. The second-order valence-corrected chi connectivity index (χ2v) is 6.32. The predicted octanol–water partition coefficient (Wildman–Crippen LogP) is 5.08. The smallest absolute Gasteiger partial charge is 0.270 e. The molecule has 0 aliphatic rings. The lowest BCUT2D eigenvalue weighted by Crippen LogP contribution is -2.00. The highest BCUT2D eigenvalue weighted by molar-refractivity contribution is 7.21. The Morgan fingerprint density at radius 2 is 2.00 bits per heavy atom. The van der Waals surface area contributed by atoms with E-state index in [0.29, 0.717) is 0 Å². The molecule has 0 bridgehead atoms. The monoisotopic (exact) mass is 327 g/mol. The predicted molar refractivity (Wildman–Crippen MR) is 95.1 cm³/mol. The molecule has 3 aromatic rings. The molecule has 0 saturated heterocycles. The van der Waals surface area contributed by atoms with Crippen LogP contribution >= 0.6 is 11.3 Å². The Morgan fingerprint density at radius 3 is 2.70 bits per heavy atom. The first kappa shape index (κ1) is 15.4. The molecule has 1 N–H and O–H groups in total. The molecule has 1 aromatic heterocycles. The van der Waals surface area contributed by atoms with Gasteiger partial charge in [-0.2, -0.15) is 0 Å². The number of unbranched alkanes of at least 4 members (excludes halogenated alkanes) is 1. The molecule has 0 aliphatic heterocycles. The van der Waals surface area contributed by atoms with Gasteiger partial charge in [-0.3, -0.25) is 10.1 Å². The fourth-order valence-electron chi connectivity index (χ4n) is 2.29. The number of nitro benzene ring substituents is 1. The Morgan fingerprint density at radius 1 is 1.22 bits per heavy atom. The molecule has 2 aromatic carbocycles. The minimum atomic E-state index is -0.379. The second kappa shape index (κ2) is 6.75. The van der Waals surface area contributed by atoms with Crippen molar-refractivity contribution >= 4 is 32.9 Å². The molecule has 0 fully saturated rings. The summed E-state index contributed by atoms with van der Waals surface area (Å²) in [7, 11) is 0. The summed E-state index contributed by atoms with van der Waals surface area (Å²) in [6.07, 6.45) is 2.32. The molecule has 3 rings (SSSR count). The number of hydrogen-bond acceptors (Lipinski definition) is 5. The van der Waals surface area contributed by atoms with E-state index in [1.54, 1.807) is 12.1 Å². The molecule has 0 radical (unpaired) electrons. The molecule has 0 spiro atoms. The summed E-state index contributed by atoms with van der Waals surface area (Å²) in [4.78, 5) is 15.0. The van der Waals surface area contributed by atoms with Crippen LogP contribution in [-0.4, -0.2) is 16.5 Å². The van der Waals surface area contributed by atoms with E-state index in [2.05, 4.69) is 17.2 Å². The van der Waals surface area contributed by atoms with Gasteiger partial charge < -0.3 is 5.32 Å². The molecule has 6 heteroatoms. The van der Waals surface area contributed by atoms with Crippen LogP contribution in [0.5, 0.6) is 0 Å². The van der Waals surface area contributed by atoms with Gasteiger partial charge in [-0.1, -0.05) is 13.3 Å². The largest absolute Gasteiger partial charge is 0.385 e. The summed E-state index contributed by atoms with van der Waals surface area (Å²) in [6, 6.07) is 12.9. The van der Waals surface area contributed by atoms with Crippen LogP contribution in [0.2, 0.25) is 0 Å². The zero-order valence-electron chi connectivity index (χ0n) is 12.8. The van der Waals surface area contributed by atoms with E-state index in [1.165, 1.54) is 23.8 Å². The number of benzene rings is 2. The molecular formula is C17H17N3O2S. The van der Waals surface area contributed by atoms with Crippen LogP contribution in [0, 0.1) is 10.1 Å². The van der Waals surface area contributed by atoms with Gasteiger partial charge in [0.1, 0.15) is 5.01 Å². The number of nitrogens with one attached hydrogen (secondary N) is 1. The van der Waals surface area contributed by atoms with Crippen LogP contribution < -0.4 is 5.32 Å². The van der Waals surface area contributed by atoms with Crippen LogP contribution in [0.15, 0.2) is 42.5 Å².